The predicted octanol–water partition coefficient (Wildman–Crippen LogP) is 0.308. The van der Waals surface area contributed by atoms with Crippen LogP contribution in [0.15, 0.2) is 12.3 Å². The van der Waals surface area contributed by atoms with Crippen LogP contribution in [0.3, 0.4) is 0 Å². The molecule has 1 fully saturated rings. The van der Waals surface area contributed by atoms with Crippen molar-refractivity contribution in [3.05, 3.63) is 17.4 Å². The predicted molar refractivity (Wildman–Crippen MR) is 68.6 cm³/mol. The highest BCUT2D eigenvalue weighted by molar-refractivity contribution is 6.34. The molecule has 102 valence electrons. The van der Waals surface area contributed by atoms with Crippen molar-refractivity contribution in [1.29, 1.82) is 0 Å². The molecule has 3 rings (SSSR count). The Kier molecular flexibility index (Phi) is 3.06. The molecule has 0 amide bonds. The van der Waals surface area contributed by atoms with Gasteiger partial charge in [-0.3, -0.25) is 0 Å². The molecule has 0 bridgehead atoms. The van der Waals surface area contributed by atoms with Crippen LogP contribution in [0.2, 0.25) is 5.15 Å². The van der Waals surface area contributed by atoms with Crippen molar-refractivity contribution in [2.24, 2.45) is 0 Å². The molecule has 0 spiro atoms. The lowest BCUT2D eigenvalue weighted by Gasteiger charge is -2.14. The Bertz CT molecular complexity index is 617. The summed E-state index contributed by atoms with van der Waals surface area (Å²) in [6, 6.07) is 1.76. The molecule has 3 heterocycles. The molecule has 7 nitrogen and oxygen atoms in total. The van der Waals surface area contributed by atoms with Gasteiger partial charge in [0, 0.05) is 12.6 Å². The minimum atomic E-state index is -0.706. The number of hydrogen-bond donors (Lipinski definition) is 3. The molecule has 1 saturated heterocycles. The topological polar surface area (TPSA) is 106 Å². The van der Waals surface area contributed by atoms with Crippen molar-refractivity contribution in [1.82, 2.24) is 14.5 Å². The van der Waals surface area contributed by atoms with E-state index in [0.717, 1.165) is 0 Å². The van der Waals surface area contributed by atoms with Crippen LogP contribution in [0, 0.1) is 0 Å². The van der Waals surface area contributed by atoms with Gasteiger partial charge >= 0.3 is 0 Å². The molecule has 0 saturated carbocycles. The summed E-state index contributed by atoms with van der Waals surface area (Å²) in [6.45, 7) is -0.227. The van der Waals surface area contributed by atoms with E-state index in [9.17, 15) is 5.11 Å². The highest BCUT2D eigenvalue weighted by Gasteiger charge is 2.35. The van der Waals surface area contributed by atoms with Gasteiger partial charge in [-0.25, -0.2) is 4.98 Å². The normalized spacial score (nSPS) is 27.2. The Labute approximate surface area is 113 Å². The lowest BCUT2D eigenvalue weighted by atomic mass is 10.2. The van der Waals surface area contributed by atoms with Crippen molar-refractivity contribution in [2.45, 2.75) is 24.9 Å². The van der Waals surface area contributed by atoms with Gasteiger partial charge in [-0.1, -0.05) is 11.6 Å². The summed E-state index contributed by atoms with van der Waals surface area (Å²) in [5.74, 6) is 0.0784. The fraction of sp³-hybridized carbons (Fsp3) is 0.455. The Hall–Kier alpha value is -1.41. The van der Waals surface area contributed by atoms with E-state index in [1.54, 1.807) is 16.8 Å². The van der Waals surface area contributed by atoms with Gasteiger partial charge in [0.25, 0.3) is 0 Å². The van der Waals surface area contributed by atoms with Crippen molar-refractivity contribution in [3.8, 4) is 0 Å². The van der Waals surface area contributed by atoms with Gasteiger partial charge < -0.3 is 25.3 Å². The van der Waals surface area contributed by atoms with E-state index in [4.69, 9.17) is 27.2 Å². The molecule has 2 aromatic heterocycles. The summed E-state index contributed by atoms with van der Waals surface area (Å²) in [4.78, 5) is 8.01. The SMILES string of the molecule is Nc1nc(Cl)c2ccn([C@H]3C[C@H](O)[C@@H](CO)O3)c2n1. The van der Waals surface area contributed by atoms with E-state index in [1.165, 1.54) is 0 Å². The Morgan fingerprint density at radius 2 is 2.32 bits per heavy atom. The van der Waals surface area contributed by atoms with E-state index in [2.05, 4.69) is 9.97 Å². The highest BCUT2D eigenvalue weighted by Crippen LogP contribution is 2.32. The van der Waals surface area contributed by atoms with E-state index < -0.39 is 18.4 Å². The molecule has 19 heavy (non-hydrogen) atoms. The number of halogens is 1. The maximum Gasteiger partial charge on any atom is 0.223 e. The zero-order valence-electron chi connectivity index (χ0n) is 9.90. The number of aliphatic hydroxyl groups is 2. The van der Waals surface area contributed by atoms with Crippen molar-refractivity contribution < 1.29 is 14.9 Å². The maximum atomic E-state index is 9.76. The zero-order valence-corrected chi connectivity index (χ0v) is 10.7. The van der Waals surface area contributed by atoms with Crippen LogP contribution in [0.1, 0.15) is 12.6 Å². The van der Waals surface area contributed by atoms with Crippen LogP contribution >= 0.6 is 11.6 Å². The Morgan fingerprint density at radius 1 is 1.53 bits per heavy atom. The van der Waals surface area contributed by atoms with Crippen LogP contribution in [0.5, 0.6) is 0 Å². The van der Waals surface area contributed by atoms with Crippen molar-refractivity contribution in [2.75, 3.05) is 12.3 Å². The summed E-state index contributed by atoms with van der Waals surface area (Å²) in [5, 5.41) is 19.8. The minimum absolute atomic E-state index is 0.0784. The van der Waals surface area contributed by atoms with Crippen LogP contribution in [0.4, 0.5) is 5.95 Å². The molecule has 0 radical (unpaired) electrons. The quantitative estimate of drug-likeness (QED) is 0.685. The third-order valence-electron chi connectivity index (χ3n) is 3.24. The molecular weight excluding hydrogens is 272 g/mol. The Morgan fingerprint density at radius 3 is 3.00 bits per heavy atom. The number of hydrogen-bond acceptors (Lipinski definition) is 6. The monoisotopic (exact) mass is 284 g/mol. The number of nitrogens with two attached hydrogens (primary N) is 1. The number of nitrogen functional groups attached to an aromatic ring is 1. The third kappa shape index (κ3) is 2.04. The summed E-state index contributed by atoms with van der Waals surface area (Å²) >= 11 is 5.99. The molecule has 2 aromatic rings. The first-order valence-corrected chi connectivity index (χ1v) is 6.22. The summed E-state index contributed by atoms with van der Waals surface area (Å²) in [7, 11) is 0. The molecule has 0 aliphatic carbocycles. The number of nitrogens with zero attached hydrogens (tertiary/aromatic N) is 3. The molecular formula is C11H13ClN4O3. The smallest absolute Gasteiger partial charge is 0.223 e. The zero-order chi connectivity index (χ0) is 13.6. The number of aromatic nitrogens is 3. The molecule has 4 N–H and O–H groups in total. The van der Waals surface area contributed by atoms with Gasteiger partial charge in [-0.15, -0.1) is 0 Å². The van der Waals surface area contributed by atoms with E-state index in [-0.39, 0.29) is 17.7 Å². The Balaban J connectivity index is 2.02. The molecule has 1 aliphatic heterocycles. The number of rotatable bonds is 2. The molecule has 8 heteroatoms. The van der Waals surface area contributed by atoms with Gasteiger partial charge in [0.15, 0.2) is 0 Å². The van der Waals surface area contributed by atoms with Gasteiger partial charge in [0.2, 0.25) is 5.95 Å². The van der Waals surface area contributed by atoms with E-state index in [0.29, 0.717) is 17.5 Å². The maximum absolute atomic E-state index is 9.76. The van der Waals surface area contributed by atoms with Crippen molar-refractivity contribution >= 4 is 28.6 Å². The van der Waals surface area contributed by atoms with Crippen molar-refractivity contribution in [3.63, 3.8) is 0 Å². The summed E-state index contributed by atoms with van der Waals surface area (Å²) < 4.78 is 7.31. The van der Waals surface area contributed by atoms with Gasteiger partial charge in [-0.05, 0) is 6.07 Å². The highest BCUT2D eigenvalue weighted by atomic mass is 35.5. The number of fused-ring (bicyclic) bond motifs is 1. The molecule has 3 atom stereocenters. The summed E-state index contributed by atoms with van der Waals surface area (Å²) in [6.07, 6.45) is 0.424. The second kappa shape index (κ2) is 4.61. The molecule has 0 unspecified atom stereocenters. The first kappa shape index (κ1) is 12.6. The van der Waals surface area contributed by atoms with E-state index in [1.807, 2.05) is 0 Å². The molecule has 0 aromatic carbocycles. The average molecular weight is 285 g/mol. The average Bonchev–Trinajstić information content (AvgIpc) is 2.92. The summed E-state index contributed by atoms with van der Waals surface area (Å²) in [5.41, 5.74) is 6.13. The lowest BCUT2D eigenvalue weighted by molar-refractivity contribution is -0.0430. The fourth-order valence-electron chi connectivity index (χ4n) is 2.29. The number of aliphatic hydroxyl groups excluding tert-OH is 2. The van der Waals surface area contributed by atoms with Gasteiger partial charge in [-0.2, -0.15) is 4.98 Å². The van der Waals surface area contributed by atoms with E-state index >= 15 is 0 Å². The number of ether oxygens (including phenoxy) is 1. The standard InChI is InChI=1S/C11H13ClN4O3/c12-9-5-1-2-16(10(5)15-11(13)14-9)8-3-6(18)7(4-17)19-8/h1-2,6-8,17-18H,3-4H2,(H2,13,14,15)/t6-,7+,8+/m0/s1. The third-order valence-corrected chi connectivity index (χ3v) is 3.53. The van der Waals surface area contributed by atoms with Crippen LogP contribution in [-0.2, 0) is 4.74 Å². The van der Waals surface area contributed by atoms with Gasteiger partial charge in [0.05, 0.1) is 18.1 Å². The second-order valence-corrected chi connectivity index (χ2v) is 4.81. The van der Waals surface area contributed by atoms with Crippen LogP contribution < -0.4 is 5.73 Å². The minimum Gasteiger partial charge on any atom is -0.394 e. The second-order valence-electron chi connectivity index (χ2n) is 4.45. The fourth-order valence-corrected chi connectivity index (χ4v) is 2.53. The van der Waals surface area contributed by atoms with Crippen LogP contribution in [-0.4, -0.2) is 43.6 Å². The number of anilines is 1. The first-order chi connectivity index (χ1) is 9.10. The first-order valence-electron chi connectivity index (χ1n) is 5.84. The van der Waals surface area contributed by atoms with Gasteiger partial charge in [0.1, 0.15) is 23.1 Å². The lowest BCUT2D eigenvalue weighted by Crippen LogP contribution is -2.24. The molecule has 1 aliphatic rings. The largest absolute Gasteiger partial charge is 0.394 e. The van der Waals surface area contributed by atoms with Crippen LogP contribution in [0.25, 0.3) is 11.0 Å².